The van der Waals surface area contributed by atoms with E-state index in [4.69, 9.17) is 4.74 Å². The zero-order valence-electron chi connectivity index (χ0n) is 11.7. The van der Waals surface area contributed by atoms with Crippen LogP contribution in [0, 0.1) is 0 Å². The summed E-state index contributed by atoms with van der Waals surface area (Å²) < 4.78 is 6.35. The van der Waals surface area contributed by atoms with Crippen molar-refractivity contribution in [2.45, 2.75) is 13.1 Å². The Morgan fingerprint density at radius 2 is 2.05 bits per heavy atom. The number of nitrogens with one attached hydrogen (secondary N) is 2. The molecule has 0 bridgehead atoms. The van der Waals surface area contributed by atoms with E-state index >= 15 is 0 Å². The van der Waals surface area contributed by atoms with Crippen LogP contribution < -0.4 is 15.4 Å². The van der Waals surface area contributed by atoms with E-state index in [0.29, 0.717) is 19.6 Å². The highest BCUT2D eigenvalue weighted by molar-refractivity contribution is 9.11. The highest BCUT2D eigenvalue weighted by Crippen LogP contribution is 2.21. The van der Waals surface area contributed by atoms with E-state index in [2.05, 4.69) is 26.6 Å². The lowest BCUT2D eigenvalue weighted by Gasteiger charge is -2.09. The highest BCUT2D eigenvalue weighted by Gasteiger charge is 2.05. The molecule has 0 aliphatic rings. The van der Waals surface area contributed by atoms with Crippen LogP contribution in [-0.2, 0) is 17.9 Å². The van der Waals surface area contributed by atoms with Gasteiger partial charge in [-0.1, -0.05) is 18.2 Å². The SMILES string of the molecule is COc1ccccc1CNC(=O)CNCc1ccc(Br)s1. The van der Waals surface area contributed by atoms with Crippen LogP contribution in [0.4, 0.5) is 0 Å². The fraction of sp³-hybridized carbons (Fsp3) is 0.267. The van der Waals surface area contributed by atoms with Gasteiger partial charge in [0.15, 0.2) is 0 Å². The maximum atomic E-state index is 11.8. The number of thiophene rings is 1. The summed E-state index contributed by atoms with van der Waals surface area (Å²) in [6.07, 6.45) is 0. The van der Waals surface area contributed by atoms with Crippen LogP contribution in [0.5, 0.6) is 5.75 Å². The molecule has 0 atom stereocenters. The van der Waals surface area contributed by atoms with Crippen LogP contribution in [0.1, 0.15) is 10.4 Å². The Kier molecular flexibility index (Phi) is 6.22. The average molecular weight is 369 g/mol. The standard InChI is InChI=1S/C15H17BrN2O2S/c1-20-13-5-3-2-4-11(13)8-18-15(19)10-17-9-12-6-7-14(16)21-12/h2-7,17H,8-10H2,1H3,(H,18,19). The van der Waals surface area contributed by atoms with Gasteiger partial charge in [0.05, 0.1) is 17.4 Å². The van der Waals surface area contributed by atoms with Gasteiger partial charge in [-0.2, -0.15) is 0 Å². The Balaban J connectivity index is 1.72. The number of rotatable bonds is 7. The van der Waals surface area contributed by atoms with Crippen molar-refractivity contribution in [3.63, 3.8) is 0 Å². The van der Waals surface area contributed by atoms with Gasteiger partial charge in [-0.3, -0.25) is 4.79 Å². The zero-order valence-corrected chi connectivity index (χ0v) is 14.1. The van der Waals surface area contributed by atoms with E-state index in [1.54, 1.807) is 18.4 Å². The van der Waals surface area contributed by atoms with Crippen molar-refractivity contribution in [1.29, 1.82) is 0 Å². The van der Waals surface area contributed by atoms with E-state index in [1.807, 2.05) is 36.4 Å². The lowest BCUT2D eigenvalue weighted by Crippen LogP contribution is -2.33. The molecular weight excluding hydrogens is 352 g/mol. The Morgan fingerprint density at radius 1 is 1.24 bits per heavy atom. The third-order valence-corrected chi connectivity index (χ3v) is 4.51. The smallest absolute Gasteiger partial charge is 0.234 e. The number of para-hydroxylation sites is 1. The van der Waals surface area contributed by atoms with E-state index in [-0.39, 0.29) is 5.91 Å². The molecule has 2 N–H and O–H groups in total. The van der Waals surface area contributed by atoms with Gasteiger partial charge in [-0.25, -0.2) is 0 Å². The second-order valence-electron chi connectivity index (χ2n) is 4.40. The molecule has 1 aromatic carbocycles. The molecule has 2 aromatic rings. The second kappa shape index (κ2) is 8.17. The predicted octanol–water partition coefficient (Wildman–Crippen LogP) is 2.93. The van der Waals surface area contributed by atoms with Crippen molar-refractivity contribution < 1.29 is 9.53 Å². The minimum absolute atomic E-state index is 0.0310. The number of amides is 1. The molecule has 0 saturated carbocycles. The Labute approximate surface area is 136 Å². The third-order valence-electron chi connectivity index (χ3n) is 2.88. The summed E-state index contributed by atoms with van der Waals surface area (Å²) in [6.45, 7) is 1.46. The van der Waals surface area contributed by atoms with Crippen molar-refractivity contribution in [3.05, 3.63) is 50.6 Å². The maximum absolute atomic E-state index is 11.8. The first kappa shape index (κ1) is 16.0. The Hall–Kier alpha value is -1.37. The molecule has 1 aromatic heterocycles. The summed E-state index contributed by atoms with van der Waals surface area (Å²) in [7, 11) is 1.63. The van der Waals surface area contributed by atoms with Gasteiger partial charge in [0.25, 0.3) is 0 Å². The van der Waals surface area contributed by atoms with Crippen LogP contribution in [-0.4, -0.2) is 19.6 Å². The summed E-state index contributed by atoms with van der Waals surface area (Å²) >= 11 is 5.08. The fourth-order valence-electron chi connectivity index (χ4n) is 1.85. The minimum Gasteiger partial charge on any atom is -0.496 e. The molecule has 0 spiro atoms. The first-order valence-electron chi connectivity index (χ1n) is 6.52. The third kappa shape index (κ3) is 5.15. The van der Waals surface area contributed by atoms with Crippen molar-refractivity contribution >= 4 is 33.2 Å². The first-order valence-corrected chi connectivity index (χ1v) is 8.13. The number of hydrogen-bond donors (Lipinski definition) is 2. The van der Waals surface area contributed by atoms with Gasteiger partial charge in [0, 0.05) is 23.5 Å². The molecular formula is C15H17BrN2O2S. The normalized spacial score (nSPS) is 10.4. The summed E-state index contributed by atoms with van der Waals surface area (Å²) in [5.74, 6) is 0.755. The molecule has 112 valence electrons. The van der Waals surface area contributed by atoms with Crippen LogP contribution in [0.2, 0.25) is 0 Å². The number of methoxy groups -OCH3 is 1. The van der Waals surface area contributed by atoms with Crippen molar-refractivity contribution in [2.24, 2.45) is 0 Å². The average Bonchev–Trinajstić information content (AvgIpc) is 2.91. The van der Waals surface area contributed by atoms with Crippen LogP contribution in [0.15, 0.2) is 40.2 Å². The molecule has 1 amide bonds. The minimum atomic E-state index is -0.0310. The molecule has 4 nitrogen and oxygen atoms in total. The quantitative estimate of drug-likeness (QED) is 0.789. The van der Waals surface area contributed by atoms with Crippen LogP contribution >= 0.6 is 27.3 Å². The van der Waals surface area contributed by atoms with Crippen LogP contribution in [0.3, 0.4) is 0 Å². The largest absolute Gasteiger partial charge is 0.496 e. The van der Waals surface area contributed by atoms with Crippen LogP contribution in [0.25, 0.3) is 0 Å². The van der Waals surface area contributed by atoms with Crippen molar-refractivity contribution in [1.82, 2.24) is 10.6 Å². The van der Waals surface area contributed by atoms with Gasteiger partial charge < -0.3 is 15.4 Å². The first-order chi connectivity index (χ1) is 10.2. The molecule has 2 rings (SSSR count). The van der Waals surface area contributed by atoms with E-state index < -0.39 is 0 Å². The summed E-state index contributed by atoms with van der Waals surface area (Å²) in [4.78, 5) is 13.0. The molecule has 0 saturated heterocycles. The van der Waals surface area contributed by atoms with Gasteiger partial charge >= 0.3 is 0 Å². The molecule has 0 fully saturated rings. The molecule has 0 aliphatic carbocycles. The molecule has 1 heterocycles. The molecule has 21 heavy (non-hydrogen) atoms. The van der Waals surface area contributed by atoms with Gasteiger partial charge in [-0.05, 0) is 34.1 Å². The zero-order chi connectivity index (χ0) is 15.1. The van der Waals surface area contributed by atoms with E-state index in [0.717, 1.165) is 15.1 Å². The second-order valence-corrected chi connectivity index (χ2v) is 6.95. The van der Waals surface area contributed by atoms with Crippen molar-refractivity contribution in [3.8, 4) is 5.75 Å². The van der Waals surface area contributed by atoms with Gasteiger partial charge in [0.2, 0.25) is 5.91 Å². The predicted molar refractivity (Wildman–Crippen MR) is 88.6 cm³/mol. The topological polar surface area (TPSA) is 50.4 Å². The van der Waals surface area contributed by atoms with E-state index in [9.17, 15) is 4.79 Å². The Bertz CT molecular complexity index is 601. The fourth-order valence-corrected chi connectivity index (χ4v) is 3.30. The molecule has 0 unspecified atom stereocenters. The monoisotopic (exact) mass is 368 g/mol. The van der Waals surface area contributed by atoms with E-state index in [1.165, 1.54) is 4.88 Å². The molecule has 6 heteroatoms. The lowest BCUT2D eigenvalue weighted by atomic mass is 10.2. The Morgan fingerprint density at radius 3 is 2.76 bits per heavy atom. The molecule has 0 radical (unpaired) electrons. The number of ether oxygens (including phenoxy) is 1. The summed E-state index contributed by atoms with van der Waals surface area (Å²) in [6, 6.07) is 11.7. The number of carbonyl (C=O) groups is 1. The summed E-state index contributed by atoms with van der Waals surface area (Å²) in [5, 5.41) is 6.00. The van der Waals surface area contributed by atoms with Gasteiger partial charge in [-0.15, -0.1) is 11.3 Å². The molecule has 0 aliphatic heterocycles. The number of carbonyl (C=O) groups excluding carboxylic acids is 1. The van der Waals surface area contributed by atoms with Crippen molar-refractivity contribution in [2.75, 3.05) is 13.7 Å². The lowest BCUT2D eigenvalue weighted by molar-refractivity contribution is -0.120. The maximum Gasteiger partial charge on any atom is 0.234 e. The number of benzene rings is 1. The number of halogens is 1. The summed E-state index contributed by atoms with van der Waals surface area (Å²) in [5.41, 5.74) is 0.968. The number of hydrogen-bond acceptors (Lipinski definition) is 4. The highest BCUT2D eigenvalue weighted by atomic mass is 79.9. The van der Waals surface area contributed by atoms with Gasteiger partial charge in [0.1, 0.15) is 5.75 Å².